The smallest absolute Gasteiger partial charge is 0.224 e. The second kappa shape index (κ2) is 7.40. The standard InChI is InChI=1S/C14H22N2O3S/c1-3-20(18,19)13-7-5-12(6-8-13)16-14(17)9-4-11(2)10-15/h5-8,11H,3-4,9-10,15H2,1-2H3,(H,16,17). The van der Waals surface area contributed by atoms with Crippen molar-refractivity contribution in [3.05, 3.63) is 24.3 Å². The Hall–Kier alpha value is -1.40. The Morgan fingerprint density at radius 1 is 1.30 bits per heavy atom. The number of nitrogens with two attached hydrogens (primary N) is 1. The summed E-state index contributed by atoms with van der Waals surface area (Å²) >= 11 is 0. The van der Waals surface area contributed by atoms with Gasteiger partial charge in [0, 0.05) is 12.1 Å². The van der Waals surface area contributed by atoms with Crippen LogP contribution in [-0.4, -0.2) is 26.6 Å². The zero-order valence-electron chi connectivity index (χ0n) is 11.9. The average Bonchev–Trinajstić information content (AvgIpc) is 2.45. The highest BCUT2D eigenvalue weighted by molar-refractivity contribution is 7.91. The molecule has 0 aliphatic heterocycles. The fourth-order valence-corrected chi connectivity index (χ4v) is 2.52. The van der Waals surface area contributed by atoms with Crippen molar-refractivity contribution in [3.8, 4) is 0 Å². The number of benzene rings is 1. The average molecular weight is 298 g/mol. The van der Waals surface area contributed by atoms with Gasteiger partial charge in [0.2, 0.25) is 5.91 Å². The monoisotopic (exact) mass is 298 g/mol. The summed E-state index contributed by atoms with van der Waals surface area (Å²) in [6.07, 6.45) is 1.15. The van der Waals surface area contributed by atoms with Crippen LogP contribution in [0.15, 0.2) is 29.2 Å². The summed E-state index contributed by atoms with van der Waals surface area (Å²) in [6, 6.07) is 6.23. The molecule has 0 saturated heterocycles. The van der Waals surface area contributed by atoms with Gasteiger partial charge >= 0.3 is 0 Å². The molecule has 0 aromatic heterocycles. The molecule has 1 atom stereocenters. The normalized spacial score (nSPS) is 12.9. The van der Waals surface area contributed by atoms with Crippen LogP contribution in [0.2, 0.25) is 0 Å². The number of hydrogen-bond donors (Lipinski definition) is 2. The van der Waals surface area contributed by atoms with E-state index >= 15 is 0 Å². The maximum atomic E-state index is 11.7. The third-order valence-corrected chi connectivity index (χ3v) is 4.89. The van der Waals surface area contributed by atoms with Crippen LogP contribution in [0.25, 0.3) is 0 Å². The summed E-state index contributed by atoms with van der Waals surface area (Å²) in [5.74, 6) is 0.296. The quantitative estimate of drug-likeness (QED) is 0.803. The Balaban J connectivity index is 2.60. The van der Waals surface area contributed by atoms with Gasteiger partial charge in [-0.3, -0.25) is 4.79 Å². The first-order valence-electron chi connectivity index (χ1n) is 6.71. The summed E-state index contributed by atoms with van der Waals surface area (Å²) in [7, 11) is -3.19. The predicted octanol–water partition coefficient (Wildman–Crippen LogP) is 1.79. The molecule has 0 heterocycles. The molecule has 20 heavy (non-hydrogen) atoms. The molecule has 1 unspecified atom stereocenters. The van der Waals surface area contributed by atoms with Crippen LogP contribution < -0.4 is 11.1 Å². The van der Waals surface area contributed by atoms with E-state index in [1.165, 1.54) is 12.1 Å². The first-order chi connectivity index (χ1) is 9.39. The van der Waals surface area contributed by atoms with Crippen molar-refractivity contribution in [2.45, 2.75) is 31.6 Å². The van der Waals surface area contributed by atoms with Gasteiger partial charge in [0.05, 0.1) is 10.6 Å². The van der Waals surface area contributed by atoms with Crippen molar-refractivity contribution < 1.29 is 13.2 Å². The Morgan fingerprint density at radius 2 is 1.90 bits per heavy atom. The van der Waals surface area contributed by atoms with E-state index in [-0.39, 0.29) is 16.6 Å². The lowest BCUT2D eigenvalue weighted by atomic mass is 10.1. The minimum absolute atomic E-state index is 0.0652. The molecule has 0 fully saturated rings. The highest BCUT2D eigenvalue weighted by atomic mass is 32.2. The van der Waals surface area contributed by atoms with E-state index in [1.54, 1.807) is 19.1 Å². The molecule has 3 N–H and O–H groups in total. The van der Waals surface area contributed by atoms with Gasteiger partial charge in [0.1, 0.15) is 0 Å². The lowest BCUT2D eigenvalue weighted by molar-refractivity contribution is -0.116. The van der Waals surface area contributed by atoms with E-state index in [2.05, 4.69) is 5.32 Å². The van der Waals surface area contributed by atoms with Crippen LogP contribution in [0.5, 0.6) is 0 Å². The third kappa shape index (κ3) is 4.94. The maximum absolute atomic E-state index is 11.7. The number of sulfone groups is 1. The minimum atomic E-state index is -3.19. The van der Waals surface area contributed by atoms with Crippen molar-refractivity contribution in [1.82, 2.24) is 0 Å². The Labute approximate surface area is 120 Å². The van der Waals surface area contributed by atoms with E-state index < -0.39 is 9.84 Å². The second-order valence-corrected chi connectivity index (χ2v) is 7.13. The fourth-order valence-electron chi connectivity index (χ4n) is 1.63. The number of anilines is 1. The number of nitrogens with one attached hydrogen (secondary N) is 1. The third-order valence-electron chi connectivity index (χ3n) is 3.14. The molecule has 1 aromatic rings. The first kappa shape index (κ1) is 16.7. The molecule has 1 amide bonds. The Bertz CT molecular complexity index is 538. The summed E-state index contributed by atoms with van der Waals surface area (Å²) in [5, 5.41) is 2.74. The van der Waals surface area contributed by atoms with Crippen molar-refractivity contribution in [2.75, 3.05) is 17.6 Å². The van der Waals surface area contributed by atoms with Gasteiger partial charge in [-0.1, -0.05) is 13.8 Å². The first-order valence-corrected chi connectivity index (χ1v) is 8.37. The van der Waals surface area contributed by atoms with Crippen molar-refractivity contribution in [2.24, 2.45) is 11.7 Å². The molecule has 0 saturated carbocycles. The molecular formula is C14H22N2O3S. The van der Waals surface area contributed by atoms with E-state index in [1.807, 2.05) is 6.92 Å². The molecule has 0 radical (unpaired) electrons. The molecule has 1 aromatic carbocycles. The number of hydrogen-bond acceptors (Lipinski definition) is 4. The number of carbonyl (C=O) groups excluding carboxylic acids is 1. The van der Waals surface area contributed by atoms with Crippen LogP contribution in [-0.2, 0) is 14.6 Å². The van der Waals surface area contributed by atoms with Gasteiger partial charge in [0.25, 0.3) is 0 Å². The van der Waals surface area contributed by atoms with Crippen molar-refractivity contribution in [3.63, 3.8) is 0 Å². The SMILES string of the molecule is CCS(=O)(=O)c1ccc(NC(=O)CCC(C)CN)cc1. The van der Waals surface area contributed by atoms with Gasteiger partial charge in [-0.25, -0.2) is 8.42 Å². The molecule has 0 aliphatic carbocycles. The highest BCUT2D eigenvalue weighted by Gasteiger charge is 2.11. The summed E-state index contributed by atoms with van der Waals surface area (Å²) < 4.78 is 23.3. The summed E-state index contributed by atoms with van der Waals surface area (Å²) in [6.45, 7) is 4.16. The molecule has 6 heteroatoms. The minimum Gasteiger partial charge on any atom is -0.330 e. The molecule has 0 spiro atoms. The molecule has 112 valence electrons. The van der Waals surface area contributed by atoms with Gasteiger partial charge in [0.15, 0.2) is 9.84 Å². The number of rotatable bonds is 7. The van der Waals surface area contributed by atoms with Gasteiger partial charge in [-0.15, -0.1) is 0 Å². The molecule has 0 bridgehead atoms. The van der Waals surface area contributed by atoms with E-state index in [9.17, 15) is 13.2 Å². The van der Waals surface area contributed by atoms with Gasteiger partial charge in [-0.2, -0.15) is 0 Å². The topological polar surface area (TPSA) is 89.3 Å². The largest absolute Gasteiger partial charge is 0.330 e. The van der Waals surface area contributed by atoms with E-state index in [0.29, 0.717) is 24.6 Å². The molecule has 5 nitrogen and oxygen atoms in total. The van der Waals surface area contributed by atoms with Crippen LogP contribution in [0.1, 0.15) is 26.7 Å². The molecule has 0 aliphatic rings. The summed E-state index contributed by atoms with van der Waals surface area (Å²) in [5.41, 5.74) is 6.10. The van der Waals surface area contributed by atoms with Crippen LogP contribution in [0.3, 0.4) is 0 Å². The van der Waals surface area contributed by atoms with Crippen LogP contribution >= 0.6 is 0 Å². The molecular weight excluding hydrogens is 276 g/mol. The van der Waals surface area contributed by atoms with Gasteiger partial charge in [-0.05, 0) is 43.1 Å². The highest BCUT2D eigenvalue weighted by Crippen LogP contribution is 2.16. The predicted molar refractivity (Wildman–Crippen MR) is 80.3 cm³/mol. The number of carbonyl (C=O) groups is 1. The van der Waals surface area contributed by atoms with Gasteiger partial charge < -0.3 is 11.1 Å². The lowest BCUT2D eigenvalue weighted by Gasteiger charge is -2.09. The van der Waals surface area contributed by atoms with Crippen LogP contribution in [0, 0.1) is 5.92 Å². The Kier molecular flexibility index (Phi) is 6.16. The van der Waals surface area contributed by atoms with E-state index in [0.717, 1.165) is 6.42 Å². The van der Waals surface area contributed by atoms with E-state index in [4.69, 9.17) is 5.73 Å². The second-order valence-electron chi connectivity index (χ2n) is 4.86. The Morgan fingerprint density at radius 3 is 2.40 bits per heavy atom. The fraction of sp³-hybridized carbons (Fsp3) is 0.500. The molecule has 1 rings (SSSR count). The zero-order valence-corrected chi connectivity index (χ0v) is 12.7. The maximum Gasteiger partial charge on any atom is 0.224 e. The van der Waals surface area contributed by atoms with Crippen molar-refractivity contribution in [1.29, 1.82) is 0 Å². The lowest BCUT2D eigenvalue weighted by Crippen LogP contribution is -2.16. The van der Waals surface area contributed by atoms with Crippen LogP contribution in [0.4, 0.5) is 5.69 Å². The van der Waals surface area contributed by atoms with Crippen molar-refractivity contribution >= 4 is 21.4 Å². The summed E-state index contributed by atoms with van der Waals surface area (Å²) in [4.78, 5) is 12.0. The number of amides is 1. The zero-order chi connectivity index (χ0) is 15.2.